The van der Waals surface area contributed by atoms with Crippen molar-refractivity contribution in [3.05, 3.63) is 35.9 Å². The minimum atomic E-state index is -4.41. The van der Waals surface area contributed by atoms with Gasteiger partial charge in [-0.3, -0.25) is 13.7 Å². The molecule has 0 saturated carbocycles. The Hall–Kier alpha value is -0.330. The van der Waals surface area contributed by atoms with Crippen LogP contribution in [0.3, 0.4) is 0 Å². The van der Waals surface area contributed by atoms with Crippen LogP contribution in [0.5, 0.6) is 0 Å². The summed E-state index contributed by atoms with van der Waals surface area (Å²) in [6.45, 7) is 0. The van der Waals surface area contributed by atoms with Crippen LogP contribution in [0.15, 0.2) is 24.3 Å². The highest BCUT2D eigenvalue weighted by Crippen LogP contribution is 2.49. The number of rotatable bonds is 10. The van der Waals surface area contributed by atoms with E-state index in [0.717, 1.165) is 0 Å². The summed E-state index contributed by atoms with van der Waals surface area (Å²) in [4.78, 5) is 55.1. The Balaban J connectivity index is 3.26. The third kappa shape index (κ3) is 9.25. The van der Waals surface area contributed by atoms with Crippen molar-refractivity contribution < 1.29 is 43.1 Å². The molecule has 0 unspecified atom stereocenters. The van der Waals surface area contributed by atoms with E-state index in [2.05, 4.69) is 6.07 Å². The lowest BCUT2D eigenvalue weighted by Gasteiger charge is -2.35. The second-order valence-electron chi connectivity index (χ2n) is 5.98. The maximum Gasteiger partial charge on any atom is 0.325 e. The molecule has 0 amide bonds. The van der Waals surface area contributed by atoms with Crippen molar-refractivity contribution in [1.82, 2.24) is 0 Å². The molecular formula is C13H22O9P3. The largest absolute Gasteiger partial charge is 0.325 e. The highest BCUT2D eigenvalue weighted by molar-refractivity contribution is 7.52. The second kappa shape index (κ2) is 8.57. The highest BCUT2D eigenvalue weighted by Gasteiger charge is 2.37. The molecule has 1 rings (SSSR count). The lowest BCUT2D eigenvalue weighted by molar-refractivity contribution is 0.321. The summed E-state index contributed by atoms with van der Waals surface area (Å²) in [7, 11) is -13.2. The van der Waals surface area contributed by atoms with Crippen molar-refractivity contribution >= 4 is 22.8 Å². The van der Waals surface area contributed by atoms with E-state index in [4.69, 9.17) is 0 Å². The monoisotopic (exact) mass is 415 g/mol. The fourth-order valence-electron chi connectivity index (χ4n) is 2.63. The van der Waals surface area contributed by atoms with Crippen LogP contribution < -0.4 is 0 Å². The summed E-state index contributed by atoms with van der Waals surface area (Å²) in [6.07, 6.45) is -2.18. The van der Waals surface area contributed by atoms with Crippen LogP contribution in [0.4, 0.5) is 0 Å². The standard InChI is InChI=1S/C13H22O9P3/c14-23(15,16)9-6-13(7-10-24(17,18)19,8-11-25(20,21)22)12-4-2-1-3-5-12/h2-5H,6-11H2,(H2,14,15,16)(H2,17,18,19)(H2,20,21,22). The van der Waals surface area contributed by atoms with E-state index in [-0.39, 0.29) is 19.3 Å². The first-order valence-electron chi connectivity index (χ1n) is 7.33. The van der Waals surface area contributed by atoms with Gasteiger partial charge in [0.15, 0.2) is 0 Å². The molecule has 1 aromatic rings. The van der Waals surface area contributed by atoms with Crippen molar-refractivity contribution in [2.24, 2.45) is 0 Å². The van der Waals surface area contributed by atoms with Crippen molar-refractivity contribution in [3.63, 3.8) is 0 Å². The predicted octanol–water partition coefficient (Wildman–Crippen LogP) is 1.43. The lowest BCUT2D eigenvalue weighted by atomic mass is 9.73. The predicted molar refractivity (Wildman–Crippen MR) is 91.5 cm³/mol. The van der Waals surface area contributed by atoms with E-state index in [0.29, 0.717) is 5.56 Å². The van der Waals surface area contributed by atoms with Crippen LogP contribution >= 0.6 is 22.8 Å². The molecule has 0 aromatic heterocycles. The zero-order chi connectivity index (χ0) is 19.4. The minimum absolute atomic E-state index is 0.165. The van der Waals surface area contributed by atoms with Crippen LogP contribution in [-0.2, 0) is 19.1 Å². The van der Waals surface area contributed by atoms with Crippen molar-refractivity contribution in [1.29, 1.82) is 0 Å². The van der Waals surface area contributed by atoms with Crippen LogP contribution in [0.25, 0.3) is 0 Å². The van der Waals surface area contributed by atoms with Gasteiger partial charge in [0, 0.05) is 0 Å². The Morgan fingerprint density at radius 3 is 1.32 bits per heavy atom. The van der Waals surface area contributed by atoms with E-state index in [1.807, 2.05) is 0 Å². The molecule has 0 fully saturated rings. The molecule has 0 aliphatic carbocycles. The molecule has 1 radical (unpaired) electrons. The van der Waals surface area contributed by atoms with Crippen LogP contribution in [0.2, 0.25) is 0 Å². The quantitative estimate of drug-likeness (QED) is 0.309. The highest BCUT2D eigenvalue weighted by atomic mass is 31.2. The van der Waals surface area contributed by atoms with Crippen LogP contribution in [0, 0.1) is 6.07 Å². The van der Waals surface area contributed by atoms with E-state index < -0.39 is 46.7 Å². The summed E-state index contributed by atoms with van der Waals surface area (Å²) >= 11 is 0. The van der Waals surface area contributed by atoms with Gasteiger partial charge >= 0.3 is 22.8 Å². The molecule has 6 N–H and O–H groups in total. The molecule has 0 heterocycles. The van der Waals surface area contributed by atoms with Crippen molar-refractivity contribution in [2.45, 2.75) is 24.7 Å². The van der Waals surface area contributed by atoms with E-state index in [1.165, 1.54) is 12.1 Å². The SMILES string of the molecule is O=P(O)(O)CCC(CCP(=O)(O)O)(CCP(=O)(O)O)c1cc[c]cc1. The van der Waals surface area contributed by atoms with Crippen molar-refractivity contribution in [3.8, 4) is 0 Å². The second-order valence-corrected chi connectivity index (χ2v) is 11.3. The van der Waals surface area contributed by atoms with Gasteiger partial charge in [-0.2, -0.15) is 0 Å². The first kappa shape index (κ1) is 22.7. The number of hydrogen-bond donors (Lipinski definition) is 6. The molecule has 0 atom stereocenters. The number of hydrogen-bond acceptors (Lipinski definition) is 3. The molecule has 0 aliphatic heterocycles. The average molecular weight is 415 g/mol. The zero-order valence-corrected chi connectivity index (χ0v) is 16.0. The van der Waals surface area contributed by atoms with E-state index in [9.17, 15) is 43.1 Å². The molecule has 1 aromatic carbocycles. The normalized spacial score (nSPS) is 13.8. The van der Waals surface area contributed by atoms with Gasteiger partial charge in [-0.25, -0.2) is 0 Å². The smallest absolute Gasteiger partial charge is 0.324 e. The van der Waals surface area contributed by atoms with Gasteiger partial charge in [0.05, 0.1) is 18.5 Å². The third-order valence-electron chi connectivity index (χ3n) is 3.98. The van der Waals surface area contributed by atoms with Gasteiger partial charge in [0.2, 0.25) is 0 Å². The van der Waals surface area contributed by atoms with Crippen LogP contribution in [0.1, 0.15) is 24.8 Å². The zero-order valence-electron chi connectivity index (χ0n) is 13.3. The van der Waals surface area contributed by atoms with Gasteiger partial charge in [0.25, 0.3) is 0 Å². The van der Waals surface area contributed by atoms with Crippen molar-refractivity contribution in [2.75, 3.05) is 18.5 Å². The summed E-state index contributed by atoms with van der Waals surface area (Å²) < 4.78 is 33.9. The molecule has 25 heavy (non-hydrogen) atoms. The maximum absolute atomic E-state index is 11.3. The summed E-state index contributed by atoms with van der Waals surface area (Å²) in [5.74, 6) is 0. The van der Waals surface area contributed by atoms with Gasteiger partial charge in [-0.15, -0.1) is 0 Å². The lowest BCUT2D eigenvalue weighted by Crippen LogP contribution is -2.30. The summed E-state index contributed by atoms with van der Waals surface area (Å²) in [5, 5.41) is 0. The number of benzene rings is 1. The molecule has 0 aliphatic rings. The summed E-state index contributed by atoms with van der Waals surface area (Å²) in [5.41, 5.74) is -0.681. The Labute approximate surface area is 145 Å². The Morgan fingerprint density at radius 2 is 1.04 bits per heavy atom. The first-order valence-corrected chi connectivity index (χ1v) is 12.7. The third-order valence-corrected chi connectivity index (χ3v) is 6.39. The van der Waals surface area contributed by atoms with Gasteiger partial charge in [-0.05, 0) is 36.3 Å². The van der Waals surface area contributed by atoms with Gasteiger partial charge in [-0.1, -0.05) is 24.3 Å². The summed E-state index contributed by atoms with van der Waals surface area (Å²) in [6, 6.07) is 8.95. The maximum atomic E-state index is 11.3. The fraction of sp³-hybridized carbons (Fsp3) is 0.538. The van der Waals surface area contributed by atoms with Gasteiger partial charge < -0.3 is 29.4 Å². The Bertz CT molecular complexity index is 623. The fourth-order valence-corrected chi connectivity index (χ4v) is 4.79. The van der Waals surface area contributed by atoms with E-state index >= 15 is 0 Å². The minimum Gasteiger partial charge on any atom is -0.324 e. The Kier molecular flexibility index (Phi) is 7.79. The van der Waals surface area contributed by atoms with Gasteiger partial charge in [0.1, 0.15) is 0 Å². The molecule has 143 valence electrons. The molecule has 0 saturated heterocycles. The molecule has 0 bridgehead atoms. The average Bonchev–Trinajstić information content (AvgIpc) is 2.45. The first-order chi connectivity index (χ1) is 11.2. The van der Waals surface area contributed by atoms with E-state index in [1.54, 1.807) is 12.1 Å². The molecule has 12 heteroatoms. The Morgan fingerprint density at radius 1 is 0.720 bits per heavy atom. The molecule has 0 spiro atoms. The van der Waals surface area contributed by atoms with Crippen LogP contribution in [-0.4, -0.2) is 47.8 Å². The molecular weight excluding hydrogens is 393 g/mol. The molecule has 9 nitrogen and oxygen atoms in total. The topological polar surface area (TPSA) is 173 Å².